The molecular weight excluding hydrogens is 376 g/mol. The molecule has 3 aromatic rings. The number of rotatable bonds is 5. The normalized spacial score (nSPS) is 13.3. The molecule has 0 saturated heterocycles. The van der Waals surface area contributed by atoms with Gasteiger partial charge in [0.1, 0.15) is 11.6 Å². The maximum absolute atomic E-state index is 13.2. The fraction of sp³-hybridized carbons (Fsp3) is 0.280. The van der Waals surface area contributed by atoms with Crippen molar-refractivity contribution in [1.82, 2.24) is 10.6 Å². The molecule has 3 rings (SSSR count). The van der Waals surface area contributed by atoms with Crippen molar-refractivity contribution < 1.29 is 14.3 Å². The second-order valence-corrected chi connectivity index (χ2v) is 8.29. The number of nitrogens with one attached hydrogen (secondary N) is 2. The second-order valence-electron chi connectivity index (χ2n) is 8.29. The van der Waals surface area contributed by atoms with Gasteiger partial charge >= 0.3 is 6.09 Å². The van der Waals surface area contributed by atoms with Crippen LogP contribution in [0.5, 0.6) is 0 Å². The van der Waals surface area contributed by atoms with Gasteiger partial charge in [-0.1, -0.05) is 72.8 Å². The topological polar surface area (TPSA) is 67.4 Å². The van der Waals surface area contributed by atoms with E-state index in [2.05, 4.69) is 10.6 Å². The summed E-state index contributed by atoms with van der Waals surface area (Å²) in [5.74, 6) is -0.299. The van der Waals surface area contributed by atoms with Crippen LogP contribution in [0.4, 0.5) is 4.79 Å². The van der Waals surface area contributed by atoms with E-state index in [1.54, 1.807) is 20.8 Å². The van der Waals surface area contributed by atoms with Gasteiger partial charge in [-0.2, -0.15) is 0 Å². The average molecular weight is 405 g/mol. The van der Waals surface area contributed by atoms with E-state index in [1.807, 2.05) is 79.7 Å². The molecule has 0 aromatic heterocycles. The third kappa shape index (κ3) is 5.38. The van der Waals surface area contributed by atoms with Gasteiger partial charge in [0.2, 0.25) is 5.91 Å². The SMILES string of the molecule is C[C@@H](NC(=O)[C@@H](NC(=O)OC(C)(C)C)c1ccccc1)c1cccc2ccccc12. The van der Waals surface area contributed by atoms with Gasteiger partial charge in [-0.15, -0.1) is 0 Å². The number of hydrogen-bond acceptors (Lipinski definition) is 3. The molecule has 0 spiro atoms. The van der Waals surface area contributed by atoms with Crippen molar-refractivity contribution in [2.45, 2.75) is 45.4 Å². The molecule has 0 aliphatic rings. The molecule has 0 bridgehead atoms. The maximum atomic E-state index is 13.2. The first-order chi connectivity index (χ1) is 14.2. The van der Waals surface area contributed by atoms with Gasteiger partial charge in [-0.25, -0.2) is 4.79 Å². The first kappa shape index (κ1) is 21.4. The summed E-state index contributed by atoms with van der Waals surface area (Å²) >= 11 is 0. The summed E-state index contributed by atoms with van der Waals surface area (Å²) < 4.78 is 5.36. The number of hydrogen-bond donors (Lipinski definition) is 2. The Kier molecular flexibility index (Phi) is 6.40. The Bertz CT molecular complexity index is 1020. The van der Waals surface area contributed by atoms with E-state index in [9.17, 15) is 9.59 Å². The molecule has 5 heteroatoms. The quantitative estimate of drug-likeness (QED) is 0.608. The zero-order valence-corrected chi connectivity index (χ0v) is 17.8. The largest absolute Gasteiger partial charge is 0.444 e. The Morgan fingerprint density at radius 3 is 2.17 bits per heavy atom. The van der Waals surface area contributed by atoms with Gasteiger partial charge in [0.25, 0.3) is 0 Å². The van der Waals surface area contributed by atoms with Gasteiger partial charge in [-0.05, 0) is 49.6 Å². The highest BCUT2D eigenvalue weighted by molar-refractivity contribution is 5.89. The Morgan fingerprint density at radius 1 is 0.833 bits per heavy atom. The van der Waals surface area contributed by atoms with Crippen molar-refractivity contribution in [3.05, 3.63) is 83.9 Å². The average Bonchev–Trinajstić information content (AvgIpc) is 2.70. The molecule has 156 valence electrons. The van der Waals surface area contributed by atoms with Crippen molar-refractivity contribution in [2.75, 3.05) is 0 Å². The summed E-state index contributed by atoms with van der Waals surface area (Å²) in [5, 5.41) is 7.96. The van der Waals surface area contributed by atoms with E-state index in [0.717, 1.165) is 16.3 Å². The Labute approximate surface area is 177 Å². The molecule has 2 N–H and O–H groups in total. The lowest BCUT2D eigenvalue weighted by Gasteiger charge is -2.25. The van der Waals surface area contributed by atoms with E-state index >= 15 is 0 Å². The monoisotopic (exact) mass is 404 g/mol. The van der Waals surface area contributed by atoms with Crippen LogP contribution >= 0.6 is 0 Å². The molecular formula is C25H28N2O3. The number of fused-ring (bicyclic) bond motifs is 1. The van der Waals surface area contributed by atoms with Crippen LogP contribution in [0, 0.1) is 0 Å². The minimum absolute atomic E-state index is 0.241. The Balaban J connectivity index is 1.83. The summed E-state index contributed by atoms with van der Waals surface area (Å²) in [6, 6.07) is 22.1. The third-order valence-corrected chi connectivity index (χ3v) is 4.70. The highest BCUT2D eigenvalue weighted by Gasteiger charge is 2.27. The van der Waals surface area contributed by atoms with Crippen LogP contribution in [0.15, 0.2) is 72.8 Å². The van der Waals surface area contributed by atoms with E-state index in [4.69, 9.17) is 4.74 Å². The molecule has 2 atom stereocenters. The summed E-state index contributed by atoms with van der Waals surface area (Å²) in [6.07, 6.45) is -0.635. The zero-order valence-electron chi connectivity index (χ0n) is 17.8. The number of alkyl carbamates (subject to hydrolysis) is 1. The van der Waals surface area contributed by atoms with Crippen molar-refractivity contribution in [3.63, 3.8) is 0 Å². The lowest BCUT2D eigenvalue weighted by Crippen LogP contribution is -2.43. The third-order valence-electron chi connectivity index (χ3n) is 4.70. The van der Waals surface area contributed by atoms with Gasteiger partial charge < -0.3 is 15.4 Å². The van der Waals surface area contributed by atoms with Crippen molar-refractivity contribution in [3.8, 4) is 0 Å². The highest BCUT2D eigenvalue weighted by atomic mass is 16.6. The van der Waals surface area contributed by atoms with Crippen molar-refractivity contribution >= 4 is 22.8 Å². The highest BCUT2D eigenvalue weighted by Crippen LogP contribution is 2.25. The molecule has 3 aromatic carbocycles. The van der Waals surface area contributed by atoms with E-state index < -0.39 is 17.7 Å². The van der Waals surface area contributed by atoms with Gasteiger partial charge in [0.05, 0.1) is 6.04 Å². The van der Waals surface area contributed by atoms with Crippen LogP contribution in [-0.2, 0) is 9.53 Å². The van der Waals surface area contributed by atoms with Crippen LogP contribution in [0.2, 0.25) is 0 Å². The molecule has 0 saturated carbocycles. The molecule has 0 aliphatic heterocycles. The minimum atomic E-state index is -0.863. The van der Waals surface area contributed by atoms with Crippen LogP contribution in [0.3, 0.4) is 0 Å². The minimum Gasteiger partial charge on any atom is -0.444 e. The number of amides is 2. The van der Waals surface area contributed by atoms with Crippen LogP contribution < -0.4 is 10.6 Å². The number of carbonyl (C=O) groups excluding carboxylic acids is 2. The lowest BCUT2D eigenvalue weighted by molar-refractivity contribution is -0.124. The Hall–Kier alpha value is -3.34. The predicted octanol–water partition coefficient (Wildman–Crippen LogP) is 5.28. The smallest absolute Gasteiger partial charge is 0.408 e. The predicted molar refractivity (Wildman–Crippen MR) is 119 cm³/mol. The first-order valence-corrected chi connectivity index (χ1v) is 10.1. The zero-order chi connectivity index (χ0) is 21.7. The summed E-state index contributed by atoms with van der Waals surface area (Å²) in [4.78, 5) is 25.5. The lowest BCUT2D eigenvalue weighted by atomic mass is 9.99. The second kappa shape index (κ2) is 8.99. The molecule has 5 nitrogen and oxygen atoms in total. The molecule has 30 heavy (non-hydrogen) atoms. The van der Waals surface area contributed by atoms with Gasteiger partial charge in [0, 0.05) is 0 Å². The number of carbonyl (C=O) groups is 2. The molecule has 0 radical (unpaired) electrons. The molecule has 2 amide bonds. The summed E-state index contributed by atoms with van der Waals surface area (Å²) in [6.45, 7) is 7.29. The van der Waals surface area contributed by atoms with Crippen LogP contribution in [-0.4, -0.2) is 17.6 Å². The van der Waals surface area contributed by atoms with Crippen LogP contribution in [0.25, 0.3) is 10.8 Å². The fourth-order valence-corrected chi connectivity index (χ4v) is 3.37. The van der Waals surface area contributed by atoms with Crippen molar-refractivity contribution in [1.29, 1.82) is 0 Å². The van der Waals surface area contributed by atoms with Gasteiger partial charge in [0.15, 0.2) is 0 Å². The van der Waals surface area contributed by atoms with E-state index in [1.165, 1.54) is 0 Å². The fourth-order valence-electron chi connectivity index (χ4n) is 3.37. The summed E-state index contributed by atoms with van der Waals surface area (Å²) in [5.41, 5.74) is 1.05. The number of benzene rings is 3. The number of ether oxygens (including phenoxy) is 1. The standard InChI is InChI=1S/C25H28N2O3/c1-17(20-16-10-14-18-11-8-9-15-21(18)20)26-23(28)22(19-12-6-5-7-13-19)27-24(29)30-25(2,3)4/h5-17,22H,1-4H3,(H,26,28)(H,27,29)/t17-,22+/m1/s1. The van der Waals surface area contributed by atoms with E-state index in [0.29, 0.717) is 5.56 Å². The van der Waals surface area contributed by atoms with Crippen LogP contribution in [0.1, 0.15) is 50.9 Å². The maximum Gasteiger partial charge on any atom is 0.408 e. The molecule has 0 unspecified atom stereocenters. The molecule has 0 aliphatic carbocycles. The van der Waals surface area contributed by atoms with E-state index in [-0.39, 0.29) is 11.9 Å². The molecule has 0 fully saturated rings. The van der Waals surface area contributed by atoms with Gasteiger partial charge in [-0.3, -0.25) is 4.79 Å². The summed E-state index contributed by atoms with van der Waals surface area (Å²) in [7, 11) is 0. The molecule has 0 heterocycles. The first-order valence-electron chi connectivity index (χ1n) is 10.1. The Morgan fingerprint density at radius 2 is 1.47 bits per heavy atom. The van der Waals surface area contributed by atoms with Crippen molar-refractivity contribution in [2.24, 2.45) is 0 Å².